The van der Waals surface area contributed by atoms with Crippen LogP contribution in [0.15, 0.2) is 0 Å². The molecule has 4 heteroatoms. The normalized spacial score (nSPS) is 16.8. The van der Waals surface area contributed by atoms with Gasteiger partial charge in [0.25, 0.3) is 0 Å². The van der Waals surface area contributed by atoms with Gasteiger partial charge in [0.05, 0.1) is 0 Å². The zero-order chi connectivity index (χ0) is 7.98. The van der Waals surface area contributed by atoms with Crippen LogP contribution in [0.3, 0.4) is 0 Å². The van der Waals surface area contributed by atoms with Crippen LogP contribution in [0.5, 0.6) is 0 Å². The molecule has 0 amide bonds. The molecule has 62 valence electrons. The van der Waals surface area contributed by atoms with Crippen LogP contribution >= 0.6 is 0 Å². The number of rotatable bonds is 5. The van der Waals surface area contributed by atoms with E-state index in [1.807, 2.05) is 0 Å². The number of hydrogen-bond donors (Lipinski definition) is 2. The minimum absolute atomic E-state index is 0.0705. The van der Waals surface area contributed by atoms with Crippen molar-refractivity contribution >= 4 is 34.1 Å². The van der Waals surface area contributed by atoms with Gasteiger partial charge in [0.2, 0.25) is 0 Å². The fourth-order valence-electron chi connectivity index (χ4n) is 0.251. The molecule has 2 atom stereocenters. The Morgan fingerprint density at radius 2 is 1.30 bits per heavy atom. The Morgan fingerprint density at radius 3 is 1.50 bits per heavy atom. The summed E-state index contributed by atoms with van der Waals surface area (Å²) in [5.41, 5.74) is 0. The molecule has 10 heavy (non-hydrogen) atoms. The van der Waals surface area contributed by atoms with E-state index in [0.29, 0.717) is 21.1 Å². The van der Waals surface area contributed by atoms with E-state index in [-0.39, 0.29) is 34.1 Å². The molecule has 2 unspecified atom stereocenters. The molecule has 0 saturated heterocycles. The van der Waals surface area contributed by atoms with E-state index in [1.54, 1.807) is 0 Å². The summed E-state index contributed by atoms with van der Waals surface area (Å²) in [6.07, 6.45) is 0. The van der Waals surface area contributed by atoms with E-state index in [2.05, 4.69) is 13.8 Å². The topological polar surface area (TPSA) is 40.5 Å². The molecule has 0 aromatic heterocycles. The molecule has 0 aromatic rings. The summed E-state index contributed by atoms with van der Waals surface area (Å²) in [5.74, 6) is 0. The second-order valence-electron chi connectivity index (χ2n) is 2.18. The molecule has 2 nitrogen and oxygen atoms in total. The maximum atomic E-state index is 8.71. The second-order valence-corrected chi connectivity index (χ2v) is 15.2. The van der Waals surface area contributed by atoms with Crippen molar-refractivity contribution in [3.8, 4) is 0 Å². The summed E-state index contributed by atoms with van der Waals surface area (Å²) in [5, 5.41) is 17.4. The molecule has 0 fully saturated rings. The first kappa shape index (κ1) is 11.5. The summed E-state index contributed by atoms with van der Waals surface area (Å²) in [6.45, 7) is 4.92. The summed E-state index contributed by atoms with van der Waals surface area (Å²) in [4.78, 5) is 0. The van der Waals surface area contributed by atoms with Crippen molar-refractivity contribution in [2.75, 3.05) is 13.2 Å². The Balaban J connectivity index is 3.17. The quantitative estimate of drug-likeness (QED) is 0.662. The van der Waals surface area contributed by atoms with Gasteiger partial charge < -0.3 is 0 Å². The van der Waals surface area contributed by atoms with E-state index in [0.717, 1.165) is 0 Å². The van der Waals surface area contributed by atoms with Crippen LogP contribution in [-0.4, -0.2) is 57.5 Å². The Bertz CT molecular complexity index is 70.1. The van der Waals surface area contributed by atoms with E-state index in [1.165, 1.54) is 0 Å². The summed E-state index contributed by atoms with van der Waals surface area (Å²) >= 11 is 0.141. The van der Waals surface area contributed by atoms with Crippen molar-refractivity contribution in [2.45, 2.75) is 21.8 Å². The molecule has 0 rings (SSSR count). The van der Waals surface area contributed by atoms with E-state index in [4.69, 9.17) is 10.2 Å². The summed E-state index contributed by atoms with van der Waals surface area (Å²) in [6, 6.07) is 0. The Kier molecular flexibility index (Phi) is 8.24. The van der Waals surface area contributed by atoms with Crippen molar-refractivity contribution < 1.29 is 10.2 Å². The van der Waals surface area contributed by atoms with Crippen molar-refractivity contribution in [3.05, 3.63) is 0 Å². The van der Waals surface area contributed by atoms with Crippen LogP contribution in [-0.2, 0) is 0 Å². The van der Waals surface area contributed by atoms with Gasteiger partial charge in [-0.15, -0.1) is 0 Å². The molecule has 2 N–H and O–H groups in total. The predicted octanol–water partition coefficient (Wildman–Crippen LogP) is -0.0888. The number of aliphatic hydroxyl groups is 2. The predicted molar refractivity (Wildman–Crippen MR) is 44.5 cm³/mol. The minimum atomic E-state index is 0.0705. The van der Waals surface area contributed by atoms with Crippen molar-refractivity contribution in [3.63, 3.8) is 0 Å². The Labute approximate surface area is 78.7 Å². The number of aliphatic hydroxyl groups excluding tert-OH is 2. The fraction of sp³-hybridized carbons (Fsp3) is 1.00. The zero-order valence-electron chi connectivity index (χ0n) is 6.28. The first-order valence-electron chi connectivity index (χ1n) is 3.24. The summed E-state index contributed by atoms with van der Waals surface area (Å²) in [7, 11) is 0. The molecule has 0 heterocycles. The molecular formula is C6H14O2Te2. The molecule has 0 radical (unpaired) electrons. The van der Waals surface area contributed by atoms with Gasteiger partial charge in [-0.1, -0.05) is 0 Å². The molecule has 0 aliphatic rings. The van der Waals surface area contributed by atoms with Gasteiger partial charge in [-0.2, -0.15) is 0 Å². The van der Waals surface area contributed by atoms with Crippen LogP contribution in [0, 0.1) is 0 Å². The Morgan fingerprint density at radius 1 is 1.00 bits per heavy atom. The second kappa shape index (κ2) is 7.16. The van der Waals surface area contributed by atoms with Crippen LogP contribution in [0.1, 0.15) is 13.8 Å². The fourth-order valence-corrected chi connectivity index (χ4v) is 11.3. The molecule has 0 aliphatic heterocycles. The van der Waals surface area contributed by atoms with Crippen molar-refractivity contribution in [1.29, 1.82) is 0 Å². The van der Waals surface area contributed by atoms with Gasteiger partial charge in [-0.3, -0.25) is 0 Å². The first-order valence-corrected chi connectivity index (χ1v) is 13.3. The third-order valence-corrected chi connectivity index (χ3v) is 18.6. The van der Waals surface area contributed by atoms with Crippen LogP contribution in [0.2, 0.25) is 7.93 Å². The summed E-state index contributed by atoms with van der Waals surface area (Å²) < 4.78 is 1.14. The van der Waals surface area contributed by atoms with Gasteiger partial charge >= 0.3 is 79.3 Å². The third-order valence-electron chi connectivity index (χ3n) is 0.898. The number of hydrogen-bond acceptors (Lipinski definition) is 2. The van der Waals surface area contributed by atoms with Crippen molar-refractivity contribution in [1.82, 2.24) is 0 Å². The average Bonchev–Trinajstić information content (AvgIpc) is 1.99. The molecular weight excluding hydrogens is 359 g/mol. The van der Waals surface area contributed by atoms with E-state index >= 15 is 0 Å². The van der Waals surface area contributed by atoms with E-state index in [9.17, 15) is 0 Å². The monoisotopic (exact) mass is 378 g/mol. The molecule has 0 saturated carbocycles. The van der Waals surface area contributed by atoms with Gasteiger partial charge in [-0.25, -0.2) is 0 Å². The van der Waals surface area contributed by atoms with E-state index < -0.39 is 0 Å². The van der Waals surface area contributed by atoms with Crippen molar-refractivity contribution in [2.24, 2.45) is 0 Å². The molecule has 0 aromatic carbocycles. The SMILES string of the molecule is CC(CO)[Te][Te]C(C)CO. The van der Waals surface area contributed by atoms with Crippen LogP contribution in [0.4, 0.5) is 0 Å². The maximum absolute atomic E-state index is 8.71. The molecule has 0 bridgehead atoms. The zero-order valence-corrected chi connectivity index (χ0v) is 10.9. The first-order chi connectivity index (χ1) is 4.70. The molecule has 0 aliphatic carbocycles. The third kappa shape index (κ3) is 6.22. The van der Waals surface area contributed by atoms with Gasteiger partial charge in [0.15, 0.2) is 0 Å². The Hall–Kier alpha value is 1.50. The standard InChI is InChI=1S/C6H14O2Te2/c1-5(3-7)9-10-6(2)4-8/h5-8H,3-4H2,1-2H3. The average molecular weight is 373 g/mol. The van der Waals surface area contributed by atoms with Crippen LogP contribution < -0.4 is 0 Å². The van der Waals surface area contributed by atoms with Gasteiger partial charge in [-0.05, 0) is 0 Å². The van der Waals surface area contributed by atoms with Gasteiger partial charge in [0.1, 0.15) is 0 Å². The van der Waals surface area contributed by atoms with Crippen LogP contribution in [0.25, 0.3) is 0 Å². The molecule has 0 spiro atoms. The van der Waals surface area contributed by atoms with Gasteiger partial charge in [0, 0.05) is 0 Å².